The molecule has 3 aromatic heterocycles. The molecule has 3 heteroatoms. The Morgan fingerprint density at radius 2 is 2.07 bits per heavy atom. The summed E-state index contributed by atoms with van der Waals surface area (Å²) in [5.41, 5.74) is 8.00. The van der Waals surface area contributed by atoms with Gasteiger partial charge >= 0.3 is 0 Å². The van der Waals surface area contributed by atoms with Crippen molar-refractivity contribution in [2.75, 3.05) is 0 Å². The largest absolute Gasteiger partial charge is 0.335 e. The number of hydrogen-bond donors (Lipinski definition) is 0. The third-order valence-electron chi connectivity index (χ3n) is 5.37. The number of pyridine rings is 1. The van der Waals surface area contributed by atoms with Crippen molar-refractivity contribution in [3.63, 3.8) is 0 Å². The predicted octanol–water partition coefficient (Wildman–Crippen LogP) is 5.79. The number of imidazole rings is 1. The van der Waals surface area contributed by atoms with Crippen molar-refractivity contribution >= 4 is 22.6 Å². The Labute approximate surface area is 158 Å². The second kappa shape index (κ2) is 6.13. The molecule has 3 nitrogen and oxygen atoms in total. The lowest BCUT2D eigenvalue weighted by atomic mass is 10.2. The van der Waals surface area contributed by atoms with Gasteiger partial charge in [-0.25, -0.2) is 4.98 Å². The van der Waals surface area contributed by atoms with Gasteiger partial charge in [-0.05, 0) is 48.7 Å². The number of aromatic nitrogens is 3. The van der Waals surface area contributed by atoms with Crippen LogP contribution in [0.25, 0.3) is 34.0 Å². The van der Waals surface area contributed by atoms with Gasteiger partial charge in [-0.2, -0.15) is 0 Å². The Kier molecular flexibility index (Phi) is 3.61. The first-order valence-electron chi connectivity index (χ1n) is 9.30. The fourth-order valence-electron chi connectivity index (χ4n) is 3.94. The van der Waals surface area contributed by atoms with Crippen LogP contribution in [0.5, 0.6) is 0 Å². The topological polar surface area (TPSA) is 22.2 Å². The van der Waals surface area contributed by atoms with Crippen molar-refractivity contribution in [1.29, 1.82) is 0 Å². The lowest BCUT2D eigenvalue weighted by Gasteiger charge is -2.10. The lowest BCUT2D eigenvalue weighted by Crippen LogP contribution is -2.02. The zero-order chi connectivity index (χ0) is 18.4. The van der Waals surface area contributed by atoms with Gasteiger partial charge in [0.2, 0.25) is 0 Å². The monoisotopic (exact) mass is 351 g/mol. The Morgan fingerprint density at radius 3 is 2.89 bits per heavy atom. The van der Waals surface area contributed by atoms with Crippen LogP contribution >= 0.6 is 0 Å². The molecule has 1 aliphatic carbocycles. The summed E-state index contributed by atoms with van der Waals surface area (Å²) in [6.45, 7) is 6.88. The molecule has 0 N–H and O–H groups in total. The van der Waals surface area contributed by atoms with Gasteiger partial charge in [-0.3, -0.25) is 0 Å². The normalized spacial score (nSPS) is 13.6. The third kappa shape index (κ3) is 2.55. The van der Waals surface area contributed by atoms with E-state index in [1.807, 2.05) is 6.08 Å². The fourth-order valence-corrected chi connectivity index (χ4v) is 3.94. The zero-order valence-corrected chi connectivity index (χ0v) is 15.4. The van der Waals surface area contributed by atoms with Crippen molar-refractivity contribution in [2.45, 2.75) is 19.9 Å². The number of benzene rings is 1. The molecule has 0 radical (unpaired) electrons. The summed E-state index contributed by atoms with van der Waals surface area (Å²) < 4.78 is 4.54. The van der Waals surface area contributed by atoms with Crippen LogP contribution in [-0.2, 0) is 6.54 Å². The van der Waals surface area contributed by atoms with E-state index >= 15 is 0 Å². The van der Waals surface area contributed by atoms with Crippen molar-refractivity contribution in [2.24, 2.45) is 0 Å². The van der Waals surface area contributed by atoms with E-state index in [4.69, 9.17) is 4.98 Å². The molecule has 3 heterocycles. The zero-order valence-electron chi connectivity index (χ0n) is 15.4. The summed E-state index contributed by atoms with van der Waals surface area (Å²) in [4.78, 5) is 4.98. The second-order valence-electron chi connectivity index (χ2n) is 7.03. The van der Waals surface area contributed by atoms with Gasteiger partial charge in [-0.15, -0.1) is 0 Å². The summed E-state index contributed by atoms with van der Waals surface area (Å²) in [5, 5.41) is 1.25. The van der Waals surface area contributed by atoms with Crippen LogP contribution in [0.1, 0.15) is 17.7 Å². The highest BCUT2D eigenvalue weighted by atomic mass is 15.1. The predicted molar refractivity (Wildman–Crippen MR) is 113 cm³/mol. The van der Waals surface area contributed by atoms with Crippen LogP contribution < -0.4 is 0 Å². The molecular formula is C24H21N3. The maximum Gasteiger partial charge on any atom is 0.138 e. The number of rotatable bonds is 4. The first-order chi connectivity index (χ1) is 13.2. The van der Waals surface area contributed by atoms with Crippen molar-refractivity contribution < 1.29 is 0 Å². The van der Waals surface area contributed by atoms with Gasteiger partial charge in [0.25, 0.3) is 0 Å². The molecule has 27 heavy (non-hydrogen) atoms. The average molecular weight is 351 g/mol. The standard InChI is InChI=1S/C24H21N3/c1-3-18-12-13-26-17(2)24(25-23(26)14-18)22-15-20-10-6-7-11-21(20)27(22)16-19-8-4-5-9-19/h3-4,6-15H,1,5,16H2,2H3. The second-order valence-corrected chi connectivity index (χ2v) is 7.03. The maximum absolute atomic E-state index is 4.98. The van der Waals surface area contributed by atoms with Crippen molar-refractivity contribution in [1.82, 2.24) is 14.0 Å². The molecular weight excluding hydrogens is 330 g/mol. The highest BCUT2D eigenvalue weighted by Crippen LogP contribution is 2.32. The number of fused-ring (bicyclic) bond motifs is 2. The summed E-state index contributed by atoms with van der Waals surface area (Å²) in [6, 6.07) is 15.0. The van der Waals surface area contributed by atoms with E-state index in [1.54, 1.807) is 0 Å². The SMILES string of the molecule is C=Cc1ccn2c(C)c(-c3cc4ccccc4n3CC3=CCC=C3)nc2c1. The summed E-state index contributed by atoms with van der Waals surface area (Å²) in [5.74, 6) is 0. The van der Waals surface area contributed by atoms with Crippen LogP contribution in [0.2, 0.25) is 0 Å². The van der Waals surface area contributed by atoms with E-state index in [0.717, 1.165) is 35.6 Å². The fraction of sp³-hybridized carbons (Fsp3) is 0.125. The molecule has 5 rings (SSSR count). The smallest absolute Gasteiger partial charge is 0.138 e. The van der Waals surface area contributed by atoms with Gasteiger partial charge < -0.3 is 8.97 Å². The molecule has 0 bridgehead atoms. The van der Waals surface area contributed by atoms with Crippen LogP contribution in [0.3, 0.4) is 0 Å². The van der Waals surface area contributed by atoms with Crippen LogP contribution in [0, 0.1) is 6.92 Å². The molecule has 132 valence electrons. The molecule has 0 aliphatic heterocycles. The molecule has 0 spiro atoms. The maximum atomic E-state index is 4.98. The highest BCUT2D eigenvalue weighted by Gasteiger charge is 2.17. The van der Waals surface area contributed by atoms with E-state index in [-0.39, 0.29) is 0 Å². The Morgan fingerprint density at radius 1 is 1.19 bits per heavy atom. The Bertz CT molecular complexity index is 1250. The number of aryl methyl sites for hydroxylation is 1. The van der Waals surface area contributed by atoms with Crippen LogP contribution in [-0.4, -0.2) is 14.0 Å². The number of allylic oxidation sites excluding steroid dienone is 4. The molecule has 0 saturated heterocycles. The highest BCUT2D eigenvalue weighted by molar-refractivity contribution is 5.87. The van der Waals surface area contributed by atoms with Crippen LogP contribution in [0.4, 0.5) is 0 Å². The first-order valence-corrected chi connectivity index (χ1v) is 9.30. The van der Waals surface area contributed by atoms with Crippen molar-refractivity contribution in [3.05, 3.63) is 90.3 Å². The van der Waals surface area contributed by atoms with E-state index in [2.05, 4.69) is 89.4 Å². The summed E-state index contributed by atoms with van der Waals surface area (Å²) >= 11 is 0. The average Bonchev–Trinajstić information content (AvgIpc) is 3.41. The van der Waals surface area contributed by atoms with E-state index < -0.39 is 0 Å². The quantitative estimate of drug-likeness (QED) is 0.456. The van der Waals surface area contributed by atoms with Crippen LogP contribution in [0.15, 0.2) is 79.0 Å². The van der Waals surface area contributed by atoms with Gasteiger partial charge in [0.05, 0.1) is 5.69 Å². The van der Waals surface area contributed by atoms with Gasteiger partial charge in [0.1, 0.15) is 11.3 Å². The number of para-hydroxylation sites is 1. The Balaban J connectivity index is 1.74. The number of nitrogens with zero attached hydrogens (tertiary/aromatic N) is 3. The van der Waals surface area contributed by atoms with E-state index in [9.17, 15) is 0 Å². The van der Waals surface area contributed by atoms with E-state index in [0.29, 0.717) is 0 Å². The number of hydrogen-bond acceptors (Lipinski definition) is 1. The van der Waals surface area contributed by atoms with Gasteiger partial charge in [0, 0.05) is 29.3 Å². The third-order valence-corrected chi connectivity index (χ3v) is 5.37. The lowest BCUT2D eigenvalue weighted by molar-refractivity contribution is 0.841. The molecule has 4 aromatic rings. The molecule has 0 amide bonds. The van der Waals surface area contributed by atoms with Gasteiger partial charge in [0.15, 0.2) is 0 Å². The minimum Gasteiger partial charge on any atom is -0.335 e. The molecule has 0 saturated carbocycles. The molecule has 1 aliphatic rings. The first kappa shape index (κ1) is 15.9. The molecule has 0 fully saturated rings. The molecule has 0 unspecified atom stereocenters. The summed E-state index contributed by atoms with van der Waals surface area (Å²) in [7, 11) is 0. The summed E-state index contributed by atoms with van der Waals surface area (Å²) in [6.07, 6.45) is 11.7. The Hall–Kier alpha value is -3.33. The minimum atomic E-state index is 0.866. The molecule has 0 atom stereocenters. The van der Waals surface area contributed by atoms with E-state index in [1.165, 1.54) is 22.2 Å². The van der Waals surface area contributed by atoms with Gasteiger partial charge in [-0.1, -0.05) is 49.1 Å². The minimum absolute atomic E-state index is 0.866. The van der Waals surface area contributed by atoms with Crippen molar-refractivity contribution in [3.8, 4) is 11.4 Å². The molecule has 1 aromatic carbocycles.